The summed E-state index contributed by atoms with van der Waals surface area (Å²) in [5.41, 5.74) is 9.57. The molecule has 1 aromatic carbocycles. The molecule has 0 radical (unpaired) electrons. The number of fused-ring (bicyclic) bond motifs is 1. The number of phenolic OH excluding ortho intramolecular Hbond substituents is 1. The molecule has 0 aromatic heterocycles. The number of likely N-dealkylation sites (tertiary alicyclic amines) is 1. The van der Waals surface area contributed by atoms with Gasteiger partial charge in [0.15, 0.2) is 0 Å². The smallest absolute Gasteiger partial charge is 0.139 e. The summed E-state index contributed by atoms with van der Waals surface area (Å²) in [5.74, 6) is 0.810. The quantitative estimate of drug-likeness (QED) is 0.882. The van der Waals surface area contributed by atoms with Crippen LogP contribution >= 0.6 is 11.6 Å². The number of nitrogens with zero attached hydrogens (tertiary/aromatic N) is 1. The van der Waals surface area contributed by atoms with Crippen LogP contribution in [0.15, 0.2) is 6.07 Å². The lowest BCUT2D eigenvalue weighted by Gasteiger charge is -2.28. The molecule has 4 heteroatoms. The van der Waals surface area contributed by atoms with Crippen molar-refractivity contribution in [2.24, 2.45) is 11.7 Å². The third-order valence-corrected chi connectivity index (χ3v) is 5.21. The number of hydrogen-bond acceptors (Lipinski definition) is 3. The van der Waals surface area contributed by atoms with Crippen molar-refractivity contribution in [1.82, 2.24) is 4.90 Å². The average Bonchev–Trinajstić information content (AvgIpc) is 2.81. The van der Waals surface area contributed by atoms with E-state index in [1.54, 1.807) is 0 Å². The summed E-state index contributed by atoms with van der Waals surface area (Å²) in [5, 5.41) is 11.0. The van der Waals surface area contributed by atoms with Crippen LogP contribution in [0.3, 0.4) is 0 Å². The highest BCUT2D eigenvalue weighted by molar-refractivity contribution is 6.32. The van der Waals surface area contributed by atoms with Gasteiger partial charge in [-0.05, 0) is 68.8 Å². The molecule has 0 spiro atoms. The Morgan fingerprint density at radius 3 is 2.85 bits per heavy atom. The number of aryl methyl sites for hydroxylation is 1. The van der Waals surface area contributed by atoms with Gasteiger partial charge in [0, 0.05) is 18.2 Å². The molecule has 1 aliphatic heterocycles. The zero-order valence-corrected chi connectivity index (χ0v) is 12.8. The Morgan fingerprint density at radius 1 is 1.40 bits per heavy atom. The lowest BCUT2D eigenvalue weighted by atomic mass is 9.84. The summed E-state index contributed by atoms with van der Waals surface area (Å²) in [7, 11) is 2.12. The van der Waals surface area contributed by atoms with Crippen molar-refractivity contribution in [1.29, 1.82) is 0 Å². The van der Waals surface area contributed by atoms with Crippen LogP contribution in [0, 0.1) is 5.92 Å². The highest BCUT2D eigenvalue weighted by Crippen LogP contribution is 2.45. The Kier molecular flexibility index (Phi) is 3.93. The minimum absolute atomic E-state index is 0.258. The lowest BCUT2D eigenvalue weighted by Crippen LogP contribution is -2.22. The maximum absolute atomic E-state index is 10.5. The largest absolute Gasteiger partial charge is 0.506 e. The minimum Gasteiger partial charge on any atom is -0.506 e. The SMILES string of the molecule is CN1CC(CN)CC1c1c(O)c(Cl)cc2c1CCCC2. The van der Waals surface area contributed by atoms with Crippen LogP contribution in [0.2, 0.25) is 5.02 Å². The van der Waals surface area contributed by atoms with Gasteiger partial charge in [0.2, 0.25) is 0 Å². The van der Waals surface area contributed by atoms with E-state index in [1.807, 2.05) is 6.07 Å². The second-order valence-electron chi connectivity index (χ2n) is 6.26. The molecule has 0 amide bonds. The predicted molar refractivity (Wildman–Crippen MR) is 82.3 cm³/mol. The van der Waals surface area contributed by atoms with Gasteiger partial charge in [0.25, 0.3) is 0 Å². The number of hydrogen-bond donors (Lipinski definition) is 2. The fourth-order valence-corrected chi connectivity index (χ4v) is 4.09. The van der Waals surface area contributed by atoms with Crippen LogP contribution in [0.5, 0.6) is 5.75 Å². The molecule has 0 saturated carbocycles. The molecule has 2 unspecified atom stereocenters. The fraction of sp³-hybridized carbons (Fsp3) is 0.625. The van der Waals surface area contributed by atoms with Crippen LogP contribution in [0.4, 0.5) is 0 Å². The van der Waals surface area contributed by atoms with Gasteiger partial charge in [0.1, 0.15) is 5.75 Å². The van der Waals surface area contributed by atoms with Crippen molar-refractivity contribution in [3.05, 3.63) is 27.8 Å². The Labute approximate surface area is 125 Å². The number of halogens is 1. The van der Waals surface area contributed by atoms with E-state index in [2.05, 4.69) is 11.9 Å². The van der Waals surface area contributed by atoms with E-state index >= 15 is 0 Å². The zero-order valence-electron chi connectivity index (χ0n) is 12.0. The molecule has 0 bridgehead atoms. The van der Waals surface area contributed by atoms with Gasteiger partial charge in [-0.25, -0.2) is 0 Å². The number of phenols is 1. The van der Waals surface area contributed by atoms with Gasteiger partial charge in [-0.3, -0.25) is 4.90 Å². The fourth-order valence-electron chi connectivity index (χ4n) is 3.86. The molecule has 1 aliphatic carbocycles. The third-order valence-electron chi connectivity index (χ3n) is 4.92. The van der Waals surface area contributed by atoms with E-state index in [9.17, 15) is 5.11 Å². The number of nitrogens with two attached hydrogens (primary N) is 1. The van der Waals surface area contributed by atoms with Gasteiger partial charge in [-0.15, -0.1) is 0 Å². The van der Waals surface area contributed by atoms with Crippen LogP contribution < -0.4 is 5.73 Å². The van der Waals surface area contributed by atoms with Crippen molar-refractivity contribution in [3.8, 4) is 5.75 Å². The number of benzene rings is 1. The van der Waals surface area contributed by atoms with E-state index in [1.165, 1.54) is 24.0 Å². The predicted octanol–water partition coefficient (Wildman–Crippen LogP) is 2.88. The molecular formula is C16H23ClN2O. The molecular weight excluding hydrogens is 272 g/mol. The van der Waals surface area contributed by atoms with Crippen LogP contribution in [0.25, 0.3) is 0 Å². The molecule has 1 saturated heterocycles. The first-order valence-corrected chi connectivity index (χ1v) is 7.93. The first-order valence-electron chi connectivity index (χ1n) is 7.55. The van der Waals surface area contributed by atoms with E-state index in [-0.39, 0.29) is 6.04 Å². The topological polar surface area (TPSA) is 49.5 Å². The summed E-state index contributed by atoms with van der Waals surface area (Å²) in [6.45, 7) is 1.71. The molecule has 3 N–H and O–H groups in total. The first kappa shape index (κ1) is 14.2. The van der Waals surface area contributed by atoms with E-state index < -0.39 is 0 Å². The van der Waals surface area contributed by atoms with Gasteiger partial charge in [-0.1, -0.05) is 11.6 Å². The van der Waals surface area contributed by atoms with E-state index in [0.717, 1.165) is 31.4 Å². The van der Waals surface area contributed by atoms with Gasteiger partial charge < -0.3 is 10.8 Å². The standard InChI is InChI=1S/C16H23ClN2O/c1-19-9-10(8-18)6-14(19)15-12-5-3-2-4-11(12)7-13(17)16(15)20/h7,10,14,20H,2-6,8-9,18H2,1H3. The lowest BCUT2D eigenvalue weighted by molar-refractivity contribution is 0.303. The minimum atomic E-state index is 0.258. The molecule has 3 rings (SSSR count). The average molecular weight is 295 g/mol. The third kappa shape index (κ3) is 2.32. The molecule has 20 heavy (non-hydrogen) atoms. The van der Waals surface area contributed by atoms with Gasteiger partial charge in [0.05, 0.1) is 5.02 Å². The monoisotopic (exact) mass is 294 g/mol. The Hall–Kier alpha value is -0.770. The van der Waals surface area contributed by atoms with Crippen molar-refractivity contribution in [2.75, 3.05) is 20.1 Å². The van der Waals surface area contributed by atoms with Crippen LogP contribution in [0.1, 0.15) is 42.0 Å². The maximum atomic E-state index is 10.5. The van der Waals surface area contributed by atoms with Crippen molar-refractivity contribution >= 4 is 11.6 Å². The normalized spacial score (nSPS) is 26.8. The summed E-state index contributed by atoms with van der Waals surface area (Å²) in [6.07, 6.45) is 5.59. The molecule has 3 nitrogen and oxygen atoms in total. The molecule has 2 aliphatic rings. The van der Waals surface area contributed by atoms with E-state index in [0.29, 0.717) is 23.2 Å². The maximum Gasteiger partial charge on any atom is 0.139 e. The second-order valence-corrected chi connectivity index (χ2v) is 6.67. The second kappa shape index (κ2) is 5.55. The highest BCUT2D eigenvalue weighted by atomic mass is 35.5. The summed E-state index contributed by atoms with van der Waals surface area (Å²) < 4.78 is 0. The molecule has 110 valence electrons. The number of aromatic hydroxyl groups is 1. The summed E-state index contributed by atoms with van der Waals surface area (Å²) >= 11 is 6.25. The molecule has 2 atom stereocenters. The van der Waals surface area contributed by atoms with Gasteiger partial charge >= 0.3 is 0 Å². The zero-order chi connectivity index (χ0) is 14.3. The summed E-state index contributed by atoms with van der Waals surface area (Å²) in [6, 6.07) is 2.22. The van der Waals surface area contributed by atoms with E-state index in [4.69, 9.17) is 17.3 Å². The number of rotatable bonds is 2. The molecule has 1 heterocycles. The Bertz CT molecular complexity index is 518. The van der Waals surface area contributed by atoms with Crippen molar-refractivity contribution < 1.29 is 5.11 Å². The van der Waals surface area contributed by atoms with Crippen molar-refractivity contribution in [3.63, 3.8) is 0 Å². The highest BCUT2D eigenvalue weighted by Gasteiger charge is 2.34. The van der Waals surface area contributed by atoms with Crippen molar-refractivity contribution in [2.45, 2.75) is 38.1 Å². The van der Waals surface area contributed by atoms with Gasteiger partial charge in [-0.2, -0.15) is 0 Å². The summed E-state index contributed by atoms with van der Waals surface area (Å²) in [4.78, 5) is 2.32. The molecule has 1 aromatic rings. The van der Waals surface area contributed by atoms with Crippen LogP contribution in [-0.2, 0) is 12.8 Å². The first-order chi connectivity index (χ1) is 9.61. The Morgan fingerprint density at radius 2 is 2.15 bits per heavy atom. The Balaban J connectivity index is 2.06. The molecule has 1 fully saturated rings. The van der Waals surface area contributed by atoms with Crippen LogP contribution in [-0.4, -0.2) is 30.1 Å².